The molecule has 0 saturated carbocycles. The highest BCUT2D eigenvalue weighted by Gasteiger charge is 2.24. The van der Waals surface area contributed by atoms with Crippen molar-refractivity contribution in [1.82, 2.24) is 20.0 Å². The largest absolute Gasteiger partial charge is 0.338 e. The average molecular weight is 378 g/mol. The molecule has 2 amide bonds. The highest BCUT2D eigenvalue weighted by Crippen LogP contribution is 2.21. The van der Waals surface area contributed by atoms with Crippen LogP contribution in [0.2, 0.25) is 0 Å². The van der Waals surface area contributed by atoms with Crippen molar-refractivity contribution in [2.45, 2.75) is 13.8 Å². The Labute approximate surface area is 163 Å². The third-order valence-electron chi connectivity index (χ3n) is 4.94. The van der Waals surface area contributed by atoms with Gasteiger partial charge in [0.25, 0.3) is 0 Å². The Bertz CT molecular complexity index is 964. The van der Waals surface area contributed by atoms with Gasteiger partial charge in [0.2, 0.25) is 11.8 Å². The Kier molecular flexibility index (Phi) is 4.92. The maximum Gasteiger partial charge on any atom is 0.324 e. The Morgan fingerprint density at radius 2 is 1.82 bits per heavy atom. The molecule has 0 unspecified atom stereocenters. The zero-order valence-electron chi connectivity index (χ0n) is 15.9. The van der Waals surface area contributed by atoms with Gasteiger partial charge in [-0.25, -0.2) is 14.8 Å². The first-order valence-electron chi connectivity index (χ1n) is 9.24. The topological polar surface area (TPSA) is 87.4 Å². The highest BCUT2D eigenvalue weighted by atomic mass is 16.5. The summed E-state index contributed by atoms with van der Waals surface area (Å²) in [5.41, 5.74) is 3.57. The molecule has 144 valence electrons. The van der Waals surface area contributed by atoms with Crippen LogP contribution in [0.1, 0.15) is 11.3 Å². The molecular weight excluding hydrogens is 356 g/mol. The van der Waals surface area contributed by atoms with E-state index in [2.05, 4.69) is 20.4 Å². The predicted octanol–water partition coefficient (Wildman–Crippen LogP) is 3.10. The van der Waals surface area contributed by atoms with Crippen molar-refractivity contribution >= 4 is 17.9 Å². The Balaban J connectivity index is 1.39. The summed E-state index contributed by atoms with van der Waals surface area (Å²) in [6.07, 6.45) is 1.78. The van der Waals surface area contributed by atoms with Crippen LogP contribution in [0.5, 0.6) is 0 Å². The van der Waals surface area contributed by atoms with Gasteiger partial charge in [0.1, 0.15) is 0 Å². The molecule has 1 fully saturated rings. The molecule has 1 saturated heterocycles. The number of nitrogens with one attached hydrogen (secondary N) is 1. The number of rotatable bonds is 3. The van der Waals surface area contributed by atoms with E-state index < -0.39 is 0 Å². The van der Waals surface area contributed by atoms with E-state index >= 15 is 0 Å². The van der Waals surface area contributed by atoms with Crippen LogP contribution in [0.3, 0.4) is 0 Å². The predicted molar refractivity (Wildman–Crippen MR) is 106 cm³/mol. The fraction of sp³-hybridized carbons (Fsp3) is 0.300. The second-order valence-corrected chi connectivity index (χ2v) is 6.73. The SMILES string of the molecule is Cc1noc(NC(=O)N2CCN(c3nccc(-c4ccccc4)n3)CC2)c1C. The molecule has 0 bridgehead atoms. The molecule has 1 aliphatic heterocycles. The van der Waals surface area contributed by atoms with Gasteiger partial charge >= 0.3 is 6.03 Å². The number of nitrogens with zero attached hydrogens (tertiary/aromatic N) is 5. The second kappa shape index (κ2) is 7.67. The van der Waals surface area contributed by atoms with Crippen molar-refractivity contribution in [1.29, 1.82) is 0 Å². The lowest BCUT2D eigenvalue weighted by Gasteiger charge is -2.34. The van der Waals surface area contributed by atoms with E-state index in [4.69, 9.17) is 9.51 Å². The first-order valence-corrected chi connectivity index (χ1v) is 9.24. The minimum Gasteiger partial charge on any atom is -0.338 e. The molecule has 4 rings (SSSR count). The highest BCUT2D eigenvalue weighted by molar-refractivity contribution is 5.88. The number of anilines is 2. The van der Waals surface area contributed by atoms with Gasteiger partial charge in [0.15, 0.2) is 0 Å². The van der Waals surface area contributed by atoms with Gasteiger partial charge in [-0.2, -0.15) is 0 Å². The average Bonchev–Trinajstić information content (AvgIpc) is 3.06. The maximum atomic E-state index is 12.5. The first kappa shape index (κ1) is 18.0. The fourth-order valence-corrected chi connectivity index (χ4v) is 3.09. The molecular formula is C20H22N6O2. The van der Waals surface area contributed by atoms with Crippen molar-refractivity contribution in [3.8, 4) is 11.3 Å². The molecule has 3 heterocycles. The summed E-state index contributed by atoms with van der Waals surface area (Å²) < 4.78 is 5.16. The number of aryl methyl sites for hydroxylation is 1. The molecule has 2 aromatic heterocycles. The molecule has 0 aliphatic carbocycles. The zero-order valence-corrected chi connectivity index (χ0v) is 15.9. The molecule has 3 aromatic rings. The van der Waals surface area contributed by atoms with Crippen LogP contribution in [-0.4, -0.2) is 52.2 Å². The summed E-state index contributed by atoms with van der Waals surface area (Å²) in [5, 5.41) is 6.66. The van der Waals surface area contributed by atoms with E-state index in [0.717, 1.165) is 22.5 Å². The van der Waals surface area contributed by atoms with E-state index in [1.165, 1.54) is 0 Å². The molecule has 28 heavy (non-hydrogen) atoms. The van der Waals surface area contributed by atoms with Crippen molar-refractivity contribution in [2.24, 2.45) is 0 Å². The molecule has 1 aliphatic rings. The van der Waals surface area contributed by atoms with Crippen molar-refractivity contribution in [2.75, 3.05) is 36.4 Å². The Morgan fingerprint density at radius 1 is 1.07 bits per heavy atom. The molecule has 8 heteroatoms. The number of aromatic nitrogens is 3. The van der Waals surface area contributed by atoms with Crippen LogP contribution in [0.15, 0.2) is 47.1 Å². The summed E-state index contributed by atoms with van der Waals surface area (Å²) in [7, 11) is 0. The Hall–Kier alpha value is -3.42. The number of urea groups is 1. The first-order chi connectivity index (χ1) is 13.6. The minimum absolute atomic E-state index is 0.183. The van der Waals surface area contributed by atoms with Crippen molar-refractivity contribution in [3.05, 3.63) is 53.9 Å². The third kappa shape index (κ3) is 3.66. The molecule has 1 aromatic carbocycles. The fourth-order valence-electron chi connectivity index (χ4n) is 3.09. The molecule has 0 spiro atoms. The van der Waals surface area contributed by atoms with Gasteiger partial charge in [0.05, 0.1) is 11.4 Å². The van der Waals surface area contributed by atoms with Gasteiger partial charge in [-0.15, -0.1) is 0 Å². The lowest BCUT2D eigenvalue weighted by atomic mass is 10.1. The van der Waals surface area contributed by atoms with Gasteiger partial charge in [-0.3, -0.25) is 5.32 Å². The van der Waals surface area contributed by atoms with Crippen LogP contribution in [-0.2, 0) is 0 Å². The molecule has 0 radical (unpaired) electrons. The number of hydrogen-bond donors (Lipinski definition) is 1. The van der Waals surface area contributed by atoms with E-state index in [1.807, 2.05) is 50.2 Å². The number of benzene rings is 1. The van der Waals surface area contributed by atoms with Crippen LogP contribution in [0.25, 0.3) is 11.3 Å². The maximum absolute atomic E-state index is 12.5. The Morgan fingerprint density at radius 3 is 2.50 bits per heavy atom. The minimum atomic E-state index is -0.183. The summed E-state index contributed by atoms with van der Waals surface area (Å²) >= 11 is 0. The molecule has 0 atom stereocenters. The monoisotopic (exact) mass is 378 g/mol. The summed E-state index contributed by atoms with van der Waals surface area (Å²) in [5.74, 6) is 1.09. The zero-order chi connectivity index (χ0) is 19.5. The number of hydrogen-bond acceptors (Lipinski definition) is 6. The van der Waals surface area contributed by atoms with Crippen LogP contribution >= 0.6 is 0 Å². The lowest BCUT2D eigenvalue weighted by Crippen LogP contribution is -2.50. The summed E-state index contributed by atoms with van der Waals surface area (Å²) in [4.78, 5) is 25.4. The lowest BCUT2D eigenvalue weighted by molar-refractivity contribution is 0.207. The molecule has 8 nitrogen and oxygen atoms in total. The van der Waals surface area contributed by atoms with Crippen molar-refractivity contribution in [3.63, 3.8) is 0 Å². The summed E-state index contributed by atoms with van der Waals surface area (Å²) in [6.45, 7) is 6.21. The van der Waals surface area contributed by atoms with Crippen LogP contribution < -0.4 is 10.2 Å². The summed E-state index contributed by atoms with van der Waals surface area (Å²) in [6, 6.07) is 11.8. The number of carbonyl (C=O) groups is 1. The quantitative estimate of drug-likeness (QED) is 0.754. The third-order valence-corrected chi connectivity index (χ3v) is 4.94. The second-order valence-electron chi connectivity index (χ2n) is 6.73. The van der Waals surface area contributed by atoms with Gasteiger partial charge in [-0.05, 0) is 19.9 Å². The van der Waals surface area contributed by atoms with E-state index in [1.54, 1.807) is 11.1 Å². The standard InChI is InChI=1S/C20H22N6O2/c1-14-15(2)24-28-18(14)23-20(27)26-12-10-25(11-13-26)19-21-9-8-17(22-19)16-6-4-3-5-7-16/h3-9H,10-13H2,1-2H3,(H,23,27). The van der Waals surface area contributed by atoms with Gasteiger partial charge in [0, 0.05) is 43.5 Å². The molecule has 1 N–H and O–H groups in total. The normalized spacial score (nSPS) is 14.2. The number of piperazine rings is 1. The van der Waals surface area contributed by atoms with Crippen LogP contribution in [0, 0.1) is 13.8 Å². The van der Waals surface area contributed by atoms with E-state index in [0.29, 0.717) is 38.0 Å². The number of carbonyl (C=O) groups excluding carboxylic acids is 1. The van der Waals surface area contributed by atoms with Gasteiger partial charge in [-0.1, -0.05) is 35.5 Å². The number of amides is 2. The van der Waals surface area contributed by atoms with E-state index in [-0.39, 0.29) is 6.03 Å². The van der Waals surface area contributed by atoms with Gasteiger partial charge < -0.3 is 14.3 Å². The smallest absolute Gasteiger partial charge is 0.324 e. The van der Waals surface area contributed by atoms with E-state index in [9.17, 15) is 4.79 Å². The van der Waals surface area contributed by atoms with Crippen LogP contribution in [0.4, 0.5) is 16.6 Å². The van der Waals surface area contributed by atoms with Crippen molar-refractivity contribution < 1.29 is 9.32 Å².